The fraction of sp³-hybridized carbons (Fsp3) is 0.333. The van der Waals surface area contributed by atoms with Crippen LogP contribution in [0.15, 0.2) is 18.2 Å². The van der Waals surface area contributed by atoms with Crippen LogP contribution in [0.25, 0.3) is 0 Å². The summed E-state index contributed by atoms with van der Waals surface area (Å²) in [7, 11) is 1.45. The maximum atomic E-state index is 11.8. The van der Waals surface area contributed by atoms with Crippen LogP contribution in [0.2, 0.25) is 10.0 Å². The number of hydrogen-bond acceptors (Lipinski definition) is 4. The molecule has 1 N–H and O–H groups in total. The standard InChI is InChI=1S/C12H12Cl2N2O4/c1-15-11(17)19-6-8-5-16(12(18)20-8)7-2-3-9(13)10(14)4-7/h2-4,8H,5-6H2,1H3,(H,15,17). The molecule has 2 rings (SSSR count). The van der Waals surface area contributed by atoms with E-state index in [-0.39, 0.29) is 13.2 Å². The van der Waals surface area contributed by atoms with Gasteiger partial charge in [-0.05, 0) is 18.2 Å². The molecule has 6 nitrogen and oxygen atoms in total. The number of nitrogens with zero attached hydrogens (tertiary/aromatic N) is 1. The van der Waals surface area contributed by atoms with Crippen LogP contribution in [0.3, 0.4) is 0 Å². The predicted octanol–water partition coefficient (Wildman–Crippen LogP) is 2.67. The molecule has 8 heteroatoms. The molecule has 0 bridgehead atoms. The molecule has 0 saturated carbocycles. The van der Waals surface area contributed by atoms with Crippen LogP contribution < -0.4 is 10.2 Å². The third kappa shape index (κ3) is 3.26. The number of cyclic esters (lactones) is 1. The molecule has 1 aliphatic rings. The van der Waals surface area contributed by atoms with Crippen LogP contribution in [0, 0.1) is 0 Å². The Bertz CT molecular complexity index is 538. The van der Waals surface area contributed by atoms with Gasteiger partial charge in [0.2, 0.25) is 0 Å². The molecule has 1 atom stereocenters. The molecule has 0 spiro atoms. The molecular weight excluding hydrogens is 307 g/mol. The molecule has 1 heterocycles. The highest BCUT2D eigenvalue weighted by Gasteiger charge is 2.33. The normalized spacial score (nSPS) is 17.9. The molecule has 1 aliphatic heterocycles. The van der Waals surface area contributed by atoms with E-state index >= 15 is 0 Å². The number of carbonyl (C=O) groups excluding carboxylic acids is 2. The van der Waals surface area contributed by atoms with Crippen LogP contribution in [-0.2, 0) is 9.47 Å². The summed E-state index contributed by atoms with van der Waals surface area (Å²) >= 11 is 11.7. The van der Waals surface area contributed by atoms with Gasteiger partial charge in [0.15, 0.2) is 6.10 Å². The second kappa shape index (κ2) is 6.19. The van der Waals surface area contributed by atoms with Crippen molar-refractivity contribution in [3.8, 4) is 0 Å². The molecule has 2 amide bonds. The fourth-order valence-electron chi connectivity index (χ4n) is 1.71. The Morgan fingerprint density at radius 1 is 1.50 bits per heavy atom. The molecule has 108 valence electrons. The lowest BCUT2D eigenvalue weighted by molar-refractivity contribution is 0.0745. The van der Waals surface area contributed by atoms with Gasteiger partial charge in [-0.15, -0.1) is 0 Å². The Morgan fingerprint density at radius 3 is 2.90 bits per heavy atom. The van der Waals surface area contributed by atoms with Gasteiger partial charge in [-0.1, -0.05) is 23.2 Å². The van der Waals surface area contributed by atoms with E-state index < -0.39 is 18.3 Å². The maximum absolute atomic E-state index is 11.8. The zero-order chi connectivity index (χ0) is 14.7. The van der Waals surface area contributed by atoms with E-state index in [0.29, 0.717) is 15.7 Å². The van der Waals surface area contributed by atoms with Gasteiger partial charge in [0.1, 0.15) is 6.61 Å². The minimum absolute atomic E-state index is 0.0107. The second-order valence-electron chi connectivity index (χ2n) is 4.06. The smallest absolute Gasteiger partial charge is 0.414 e. The van der Waals surface area contributed by atoms with Crippen LogP contribution in [0.1, 0.15) is 0 Å². The summed E-state index contributed by atoms with van der Waals surface area (Å²) in [6, 6.07) is 4.84. The van der Waals surface area contributed by atoms with E-state index in [1.54, 1.807) is 18.2 Å². The number of rotatable bonds is 3. The number of hydrogen-bond donors (Lipinski definition) is 1. The summed E-state index contributed by atoms with van der Waals surface area (Å²) in [4.78, 5) is 24.1. The van der Waals surface area contributed by atoms with Crippen LogP contribution >= 0.6 is 23.2 Å². The van der Waals surface area contributed by atoms with Crippen molar-refractivity contribution in [1.29, 1.82) is 0 Å². The zero-order valence-electron chi connectivity index (χ0n) is 10.6. The summed E-state index contributed by atoms with van der Waals surface area (Å²) < 4.78 is 9.95. The highest BCUT2D eigenvalue weighted by Crippen LogP contribution is 2.29. The molecule has 20 heavy (non-hydrogen) atoms. The summed E-state index contributed by atoms with van der Waals surface area (Å²) in [5, 5.41) is 3.06. The number of benzene rings is 1. The number of ether oxygens (including phenoxy) is 2. The molecule has 1 saturated heterocycles. The summed E-state index contributed by atoms with van der Waals surface area (Å²) in [6.07, 6.45) is -1.61. The Balaban J connectivity index is 2.01. The van der Waals surface area contributed by atoms with Gasteiger partial charge in [0, 0.05) is 12.7 Å². The second-order valence-corrected chi connectivity index (χ2v) is 4.88. The molecule has 1 aromatic rings. The first kappa shape index (κ1) is 14.7. The quantitative estimate of drug-likeness (QED) is 0.930. The van der Waals surface area contributed by atoms with Gasteiger partial charge >= 0.3 is 12.2 Å². The van der Waals surface area contributed by atoms with E-state index in [1.807, 2.05) is 0 Å². The van der Waals surface area contributed by atoms with E-state index in [4.69, 9.17) is 32.7 Å². The number of anilines is 1. The van der Waals surface area contributed by atoms with Crippen LogP contribution in [0.5, 0.6) is 0 Å². The molecule has 0 aliphatic carbocycles. The number of nitrogens with one attached hydrogen (secondary N) is 1. The maximum Gasteiger partial charge on any atom is 0.414 e. The van der Waals surface area contributed by atoms with Crippen molar-refractivity contribution in [2.45, 2.75) is 6.10 Å². The van der Waals surface area contributed by atoms with Crippen molar-refractivity contribution >= 4 is 41.1 Å². The minimum Gasteiger partial charge on any atom is -0.446 e. The Morgan fingerprint density at radius 2 is 2.25 bits per heavy atom. The van der Waals surface area contributed by atoms with Gasteiger partial charge in [-0.3, -0.25) is 4.90 Å². The third-order valence-corrected chi connectivity index (χ3v) is 3.43. The number of alkyl carbamates (subject to hydrolysis) is 1. The van der Waals surface area contributed by atoms with Crippen LogP contribution in [-0.4, -0.2) is 38.5 Å². The lowest BCUT2D eigenvalue weighted by atomic mass is 10.3. The van der Waals surface area contributed by atoms with Gasteiger partial charge in [0.25, 0.3) is 0 Å². The highest BCUT2D eigenvalue weighted by molar-refractivity contribution is 6.42. The van der Waals surface area contributed by atoms with Crippen LogP contribution in [0.4, 0.5) is 15.3 Å². The van der Waals surface area contributed by atoms with Gasteiger partial charge in [-0.25, -0.2) is 9.59 Å². The van der Waals surface area contributed by atoms with Crippen molar-refractivity contribution in [1.82, 2.24) is 5.32 Å². The van der Waals surface area contributed by atoms with E-state index in [9.17, 15) is 9.59 Å². The molecular formula is C12H12Cl2N2O4. The first-order valence-corrected chi connectivity index (χ1v) is 6.54. The zero-order valence-corrected chi connectivity index (χ0v) is 12.1. The molecule has 1 unspecified atom stereocenters. The lowest BCUT2D eigenvalue weighted by Gasteiger charge is -2.13. The Hall–Kier alpha value is -1.66. The van der Waals surface area contributed by atoms with Gasteiger partial charge in [0.05, 0.1) is 16.6 Å². The topological polar surface area (TPSA) is 67.9 Å². The molecule has 0 aromatic heterocycles. The number of amides is 2. The van der Waals surface area contributed by atoms with Crippen molar-refractivity contribution in [3.63, 3.8) is 0 Å². The Labute approximate surface area is 125 Å². The van der Waals surface area contributed by atoms with Gasteiger partial charge < -0.3 is 14.8 Å². The van der Waals surface area contributed by atoms with Crippen molar-refractivity contribution in [3.05, 3.63) is 28.2 Å². The first-order chi connectivity index (χ1) is 9.51. The number of halogens is 2. The van der Waals surface area contributed by atoms with Crippen molar-refractivity contribution in [2.75, 3.05) is 25.1 Å². The largest absolute Gasteiger partial charge is 0.446 e. The monoisotopic (exact) mass is 318 g/mol. The molecule has 0 radical (unpaired) electrons. The van der Waals surface area contributed by atoms with Crippen molar-refractivity contribution in [2.24, 2.45) is 0 Å². The van der Waals surface area contributed by atoms with E-state index in [2.05, 4.69) is 5.32 Å². The first-order valence-electron chi connectivity index (χ1n) is 5.79. The summed E-state index contributed by atoms with van der Waals surface area (Å²) in [5.41, 5.74) is 0.576. The molecule has 1 aromatic carbocycles. The minimum atomic E-state index is -0.575. The Kier molecular flexibility index (Phi) is 4.57. The summed E-state index contributed by atoms with van der Waals surface area (Å²) in [6.45, 7) is 0.261. The third-order valence-electron chi connectivity index (χ3n) is 2.69. The number of carbonyl (C=O) groups is 2. The lowest BCUT2D eigenvalue weighted by Crippen LogP contribution is -2.28. The predicted molar refractivity (Wildman–Crippen MR) is 74.5 cm³/mol. The van der Waals surface area contributed by atoms with Crippen molar-refractivity contribution < 1.29 is 19.1 Å². The van der Waals surface area contributed by atoms with Gasteiger partial charge in [-0.2, -0.15) is 0 Å². The average molecular weight is 319 g/mol. The average Bonchev–Trinajstić information content (AvgIpc) is 2.80. The van der Waals surface area contributed by atoms with E-state index in [1.165, 1.54) is 11.9 Å². The molecule has 1 fully saturated rings. The van der Waals surface area contributed by atoms with E-state index in [0.717, 1.165) is 0 Å². The fourth-order valence-corrected chi connectivity index (χ4v) is 2.01. The summed E-state index contributed by atoms with van der Waals surface area (Å²) in [5.74, 6) is 0. The SMILES string of the molecule is CNC(=O)OCC1CN(c2ccc(Cl)c(Cl)c2)C(=O)O1. The highest BCUT2D eigenvalue weighted by atomic mass is 35.5.